The number of halogens is 1. The molecule has 112 valence electrons. The molecule has 3 nitrogen and oxygen atoms in total. The fourth-order valence-corrected chi connectivity index (χ4v) is 2.73. The number of nitrogens with zero attached hydrogens (tertiary/aromatic N) is 2. The van der Waals surface area contributed by atoms with E-state index in [1.165, 1.54) is 57.6 Å². The number of aromatic nitrogens is 1. The molecular weight excluding hydrogens is 253 g/mol. The molecule has 0 bridgehead atoms. The molecule has 1 aliphatic heterocycles. The van der Waals surface area contributed by atoms with Crippen LogP contribution in [0.3, 0.4) is 0 Å². The molecule has 1 saturated heterocycles. The van der Waals surface area contributed by atoms with Crippen molar-refractivity contribution >= 4 is 0 Å². The van der Waals surface area contributed by atoms with E-state index in [4.69, 9.17) is 0 Å². The number of hydrogen-bond acceptors (Lipinski definition) is 3. The average Bonchev–Trinajstić information content (AvgIpc) is 2.73. The van der Waals surface area contributed by atoms with Gasteiger partial charge in [0.2, 0.25) is 0 Å². The second-order valence-corrected chi connectivity index (χ2v) is 5.69. The van der Waals surface area contributed by atoms with Crippen LogP contribution in [0.1, 0.15) is 50.8 Å². The summed E-state index contributed by atoms with van der Waals surface area (Å²) in [5, 5.41) is 3.46. The van der Waals surface area contributed by atoms with Gasteiger partial charge in [0.1, 0.15) is 5.82 Å². The van der Waals surface area contributed by atoms with Gasteiger partial charge in [-0.1, -0.05) is 12.8 Å². The maximum Gasteiger partial charge on any atom is 0.141 e. The minimum Gasteiger partial charge on any atom is -0.309 e. The van der Waals surface area contributed by atoms with Crippen molar-refractivity contribution in [2.75, 3.05) is 26.2 Å². The number of pyridine rings is 1. The first-order valence-electron chi connectivity index (χ1n) is 7.83. The summed E-state index contributed by atoms with van der Waals surface area (Å²) in [6, 6.07) is 3.40. The van der Waals surface area contributed by atoms with Crippen LogP contribution in [0, 0.1) is 5.82 Å². The number of hydrogen-bond donors (Lipinski definition) is 1. The molecule has 1 fully saturated rings. The molecular formula is C16H26FN3. The van der Waals surface area contributed by atoms with E-state index in [-0.39, 0.29) is 11.9 Å². The van der Waals surface area contributed by atoms with Gasteiger partial charge in [-0.2, -0.15) is 0 Å². The molecule has 0 radical (unpaired) electrons. The van der Waals surface area contributed by atoms with Gasteiger partial charge in [-0.15, -0.1) is 0 Å². The van der Waals surface area contributed by atoms with Gasteiger partial charge in [-0.25, -0.2) is 4.39 Å². The van der Waals surface area contributed by atoms with Crippen LogP contribution in [0.2, 0.25) is 0 Å². The highest BCUT2D eigenvalue weighted by molar-refractivity contribution is 5.08. The standard InChI is InChI=1S/C16H26FN3/c1-14(16-8-7-15(17)13-19-16)18-9-6-12-20-10-4-2-3-5-11-20/h7-8,13-14,18H,2-6,9-12H2,1H3. The van der Waals surface area contributed by atoms with E-state index >= 15 is 0 Å². The number of nitrogens with one attached hydrogen (secondary N) is 1. The van der Waals surface area contributed by atoms with Gasteiger partial charge >= 0.3 is 0 Å². The van der Waals surface area contributed by atoms with Crippen molar-refractivity contribution in [2.45, 2.75) is 45.1 Å². The molecule has 0 aromatic carbocycles. The zero-order chi connectivity index (χ0) is 14.2. The molecule has 0 spiro atoms. The second-order valence-electron chi connectivity index (χ2n) is 5.69. The van der Waals surface area contributed by atoms with Crippen LogP contribution in [0.5, 0.6) is 0 Å². The Morgan fingerprint density at radius 3 is 2.65 bits per heavy atom. The zero-order valence-corrected chi connectivity index (χ0v) is 12.4. The summed E-state index contributed by atoms with van der Waals surface area (Å²) in [6.07, 6.45) is 7.92. The molecule has 0 aliphatic carbocycles. The third-order valence-corrected chi connectivity index (χ3v) is 3.99. The molecule has 0 amide bonds. The Hall–Kier alpha value is -1.00. The summed E-state index contributed by atoms with van der Waals surface area (Å²) in [6.45, 7) is 6.75. The molecule has 1 aliphatic rings. The molecule has 1 aromatic heterocycles. The predicted molar refractivity (Wildman–Crippen MR) is 80.1 cm³/mol. The van der Waals surface area contributed by atoms with Gasteiger partial charge < -0.3 is 10.2 Å². The average molecular weight is 279 g/mol. The summed E-state index contributed by atoms with van der Waals surface area (Å²) in [5.74, 6) is -0.276. The van der Waals surface area contributed by atoms with Gasteiger partial charge in [-0.05, 0) is 64.5 Å². The lowest BCUT2D eigenvalue weighted by Gasteiger charge is -2.20. The van der Waals surface area contributed by atoms with Crippen molar-refractivity contribution in [1.29, 1.82) is 0 Å². The molecule has 1 unspecified atom stereocenters. The van der Waals surface area contributed by atoms with Crippen LogP contribution in [-0.4, -0.2) is 36.1 Å². The van der Waals surface area contributed by atoms with Gasteiger partial charge in [0.15, 0.2) is 0 Å². The van der Waals surface area contributed by atoms with Crippen molar-refractivity contribution in [3.05, 3.63) is 29.8 Å². The van der Waals surface area contributed by atoms with Crippen LogP contribution in [-0.2, 0) is 0 Å². The lowest BCUT2D eigenvalue weighted by molar-refractivity contribution is 0.278. The maximum absolute atomic E-state index is 12.8. The summed E-state index contributed by atoms with van der Waals surface area (Å²) in [5.41, 5.74) is 0.904. The minimum absolute atomic E-state index is 0.180. The third kappa shape index (κ3) is 5.17. The summed E-state index contributed by atoms with van der Waals surface area (Å²) >= 11 is 0. The predicted octanol–water partition coefficient (Wildman–Crippen LogP) is 3.14. The van der Waals surface area contributed by atoms with Crippen molar-refractivity contribution in [1.82, 2.24) is 15.2 Å². The number of rotatable bonds is 6. The van der Waals surface area contributed by atoms with Crippen LogP contribution in [0.15, 0.2) is 18.3 Å². The maximum atomic E-state index is 12.8. The third-order valence-electron chi connectivity index (χ3n) is 3.99. The Morgan fingerprint density at radius 2 is 2.00 bits per heavy atom. The lowest BCUT2D eigenvalue weighted by atomic mass is 10.2. The van der Waals surface area contributed by atoms with Crippen molar-refractivity contribution in [3.63, 3.8) is 0 Å². The fraction of sp³-hybridized carbons (Fsp3) is 0.688. The molecule has 0 saturated carbocycles. The van der Waals surface area contributed by atoms with Crippen molar-refractivity contribution in [3.8, 4) is 0 Å². The second kappa shape index (κ2) is 8.32. The highest BCUT2D eigenvalue weighted by atomic mass is 19.1. The van der Waals surface area contributed by atoms with E-state index in [0.717, 1.165) is 18.7 Å². The highest BCUT2D eigenvalue weighted by Crippen LogP contribution is 2.11. The van der Waals surface area contributed by atoms with E-state index < -0.39 is 0 Å². The van der Waals surface area contributed by atoms with Gasteiger partial charge in [0.25, 0.3) is 0 Å². The van der Waals surface area contributed by atoms with Crippen LogP contribution in [0.4, 0.5) is 4.39 Å². The first kappa shape index (κ1) is 15.4. The molecule has 1 atom stereocenters. The Balaban J connectivity index is 1.63. The summed E-state index contributed by atoms with van der Waals surface area (Å²) in [7, 11) is 0. The van der Waals surface area contributed by atoms with E-state index in [1.807, 2.05) is 0 Å². The monoisotopic (exact) mass is 279 g/mol. The Labute approximate surface area is 121 Å². The summed E-state index contributed by atoms with van der Waals surface area (Å²) in [4.78, 5) is 6.69. The van der Waals surface area contributed by atoms with Crippen molar-refractivity contribution in [2.24, 2.45) is 0 Å². The molecule has 1 aromatic rings. The van der Waals surface area contributed by atoms with Crippen LogP contribution < -0.4 is 5.32 Å². The van der Waals surface area contributed by atoms with Crippen molar-refractivity contribution < 1.29 is 4.39 Å². The molecule has 1 N–H and O–H groups in total. The van der Waals surface area contributed by atoms with Crippen LogP contribution >= 0.6 is 0 Å². The smallest absolute Gasteiger partial charge is 0.141 e. The first-order chi connectivity index (χ1) is 9.75. The van der Waals surface area contributed by atoms with E-state index in [0.29, 0.717) is 0 Å². The quantitative estimate of drug-likeness (QED) is 0.811. The van der Waals surface area contributed by atoms with Gasteiger partial charge in [0, 0.05) is 6.04 Å². The Morgan fingerprint density at radius 1 is 1.25 bits per heavy atom. The molecule has 2 heterocycles. The zero-order valence-electron chi connectivity index (χ0n) is 12.4. The number of likely N-dealkylation sites (tertiary alicyclic amines) is 1. The topological polar surface area (TPSA) is 28.2 Å². The van der Waals surface area contributed by atoms with E-state index in [1.54, 1.807) is 6.07 Å². The Kier molecular flexibility index (Phi) is 6.40. The van der Waals surface area contributed by atoms with E-state index in [2.05, 4.69) is 22.1 Å². The Bertz CT molecular complexity index is 372. The van der Waals surface area contributed by atoms with E-state index in [9.17, 15) is 4.39 Å². The summed E-state index contributed by atoms with van der Waals surface area (Å²) < 4.78 is 12.8. The largest absolute Gasteiger partial charge is 0.309 e. The normalized spacial score (nSPS) is 18.7. The minimum atomic E-state index is -0.276. The SMILES string of the molecule is CC(NCCCN1CCCCCC1)c1ccc(F)cn1. The molecule has 20 heavy (non-hydrogen) atoms. The lowest BCUT2D eigenvalue weighted by Crippen LogP contribution is -2.29. The van der Waals surface area contributed by atoms with Crippen LogP contribution in [0.25, 0.3) is 0 Å². The fourth-order valence-electron chi connectivity index (χ4n) is 2.73. The first-order valence-corrected chi connectivity index (χ1v) is 7.83. The van der Waals surface area contributed by atoms with Gasteiger partial charge in [0.05, 0.1) is 11.9 Å². The van der Waals surface area contributed by atoms with Gasteiger partial charge in [-0.3, -0.25) is 4.98 Å². The molecule has 2 rings (SSSR count). The molecule has 4 heteroatoms. The highest BCUT2D eigenvalue weighted by Gasteiger charge is 2.09.